The molecule has 0 bridgehead atoms. The standard InChI is InChI=1S/C18H20O2/c19-17-9-5-15(6-10-17)13-1-2-14(4-3-13)16-7-11-18(20)12-8-16/h1-6,9-10,16,18-20H,7-8,11-12H2. The van der Waals surface area contributed by atoms with Gasteiger partial charge in [-0.05, 0) is 60.4 Å². The molecule has 0 heterocycles. The molecule has 0 unspecified atom stereocenters. The number of hydrogen-bond donors (Lipinski definition) is 2. The smallest absolute Gasteiger partial charge is 0.115 e. The highest BCUT2D eigenvalue weighted by atomic mass is 16.3. The fourth-order valence-corrected chi connectivity index (χ4v) is 3.01. The van der Waals surface area contributed by atoms with Crippen LogP contribution >= 0.6 is 0 Å². The molecule has 2 nitrogen and oxygen atoms in total. The summed E-state index contributed by atoms with van der Waals surface area (Å²) in [5, 5.41) is 18.9. The van der Waals surface area contributed by atoms with Crippen molar-refractivity contribution in [1.82, 2.24) is 0 Å². The van der Waals surface area contributed by atoms with E-state index in [1.54, 1.807) is 12.1 Å². The average molecular weight is 268 g/mol. The van der Waals surface area contributed by atoms with E-state index >= 15 is 0 Å². The second-order valence-electron chi connectivity index (χ2n) is 5.67. The van der Waals surface area contributed by atoms with Crippen LogP contribution in [0, 0.1) is 0 Å². The molecule has 0 atom stereocenters. The normalized spacial score (nSPS) is 22.6. The Kier molecular flexibility index (Phi) is 3.75. The second kappa shape index (κ2) is 5.68. The van der Waals surface area contributed by atoms with Crippen LogP contribution in [0.2, 0.25) is 0 Å². The van der Waals surface area contributed by atoms with Gasteiger partial charge in [0.25, 0.3) is 0 Å². The number of aromatic hydroxyl groups is 1. The van der Waals surface area contributed by atoms with Gasteiger partial charge < -0.3 is 10.2 Å². The summed E-state index contributed by atoms with van der Waals surface area (Å²) in [6.07, 6.45) is 3.91. The summed E-state index contributed by atoms with van der Waals surface area (Å²) in [5.74, 6) is 0.887. The van der Waals surface area contributed by atoms with Gasteiger partial charge in [-0.1, -0.05) is 36.4 Å². The first-order valence-electron chi connectivity index (χ1n) is 7.30. The highest BCUT2D eigenvalue weighted by molar-refractivity contribution is 5.64. The van der Waals surface area contributed by atoms with Crippen LogP contribution in [-0.4, -0.2) is 16.3 Å². The Balaban J connectivity index is 1.76. The maximum absolute atomic E-state index is 9.57. The Morgan fingerprint density at radius 2 is 1.20 bits per heavy atom. The van der Waals surface area contributed by atoms with Crippen molar-refractivity contribution in [2.45, 2.75) is 37.7 Å². The third-order valence-electron chi connectivity index (χ3n) is 4.28. The van der Waals surface area contributed by atoms with Crippen molar-refractivity contribution in [2.24, 2.45) is 0 Å². The first-order valence-corrected chi connectivity index (χ1v) is 7.30. The number of phenolic OH excluding ortho intramolecular Hbond substituents is 1. The maximum atomic E-state index is 9.57. The molecule has 0 radical (unpaired) electrons. The maximum Gasteiger partial charge on any atom is 0.115 e. The molecule has 20 heavy (non-hydrogen) atoms. The van der Waals surface area contributed by atoms with Crippen LogP contribution in [0.25, 0.3) is 11.1 Å². The third-order valence-corrected chi connectivity index (χ3v) is 4.28. The molecule has 1 fully saturated rings. The fraction of sp³-hybridized carbons (Fsp3) is 0.333. The van der Waals surface area contributed by atoms with Crippen LogP contribution in [0.4, 0.5) is 0 Å². The monoisotopic (exact) mass is 268 g/mol. The van der Waals surface area contributed by atoms with E-state index in [1.165, 1.54) is 11.1 Å². The minimum atomic E-state index is -0.0949. The molecule has 104 valence electrons. The highest BCUT2D eigenvalue weighted by Gasteiger charge is 2.20. The summed E-state index contributed by atoms with van der Waals surface area (Å²) in [4.78, 5) is 0. The number of hydrogen-bond acceptors (Lipinski definition) is 2. The Bertz CT molecular complexity index is 549. The molecule has 1 saturated carbocycles. The van der Waals surface area contributed by atoms with E-state index in [0.717, 1.165) is 31.2 Å². The Morgan fingerprint density at radius 1 is 0.700 bits per heavy atom. The lowest BCUT2D eigenvalue weighted by atomic mass is 9.82. The van der Waals surface area contributed by atoms with Gasteiger partial charge in [-0.15, -0.1) is 0 Å². The molecule has 2 aromatic carbocycles. The molecule has 1 aliphatic rings. The quantitative estimate of drug-likeness (QED) is 0.861. The summed E-state index contributed by atoms with van der Waals surface area (Å²) >= 11 is 0. The van der Waals surface area contributed by atoms with Crippen molar-refractivity contribution in [2.75, 3.05) is 0 Å². The Hall–Kier alpha value is -1.80. The van der Waals surface area contributed by atoms with Crippen LogP contribution in [0.1, 0.15) is 37.2 Å². The summed E-state index contributed by atoms with van der Waals surface area (Å²) < 4.78 is 0. The van der Waals surface area contributed by atoms with Crippen LogP contribution in [-0.2, 0) is 0 Å². The Morgan fingerprint density at radius 3 is 1.75 bits per heavy atom. The molecule has 0 amide bonds. The number of benzene rings is 2. The zero-order valence-corrected chi connectivity index (χ0v) is 11.5. The van der Waals surface area contributed by atoms with E-state index < -0.39 is 0 Å². The molecule has 3 rings (SSSR count). The van der Waals surface area contributed by atoms with E-state index in [9.17, 15) is 10.2 Å². The summed E-state index contributed by atoms with van der Waals surface area (Å²) in [7, 11) is 0. The molecular weight excluding hydrogens is 248 g/mol. The van der Waals surface area contributed by atoms with Crippen LogP contribution < -0.4 is 0 Å². The molecular formula is C18H20O2. The molecule has 0 saturated heterocycles. The largest absolute Gasteiger partial charge is 0.508 e. The van der Waals surface area contributed by atoms with Crippen LogP contribution in [0.5, 0.6) is 5.75 Å². The number of aliphatic hydroxyl groups excluding tert-OH is 1. The molecule has 1 aliphatic carbocycles. The lowest BCUT2D eigenvalue weighted by molar-refractivity contribution is 0.122. The summed E-state index contributed by atoms with van der Waals surface area (Å²) in [6, 6.07) is 16.0. The van der Waals surface area contributed by atoms with Crippen LogP contribution in [0.3, 0.4) is 0 Å². The van der Waals surface area contributed by atoms with Crippen molar-refractivity contribution in [3.05, 3.63) is 54.1 Å². The zero-order chi connectivity index (χ0) is 13.9. The fourth-order valence-electron chi connectivity index (χ4n) is 3.01. The van der Waals surface area contributed by atoms with Crippen molar-refractivity contribution in [1.29, 1.82) is 0 Å². The predicted molar refractivity (Wildman–Crippen MR) is 80.8 cm³/mol. The molecule has 0 aliphatic heterocycles. The van der Waals surface area contributed by atoms with Gasteiger partial charge >= 0.3 is 0 Å². The van der Waals surface area contributed by atoms with Crippen molar-refractivity contribution in [3.8, 4) is 16.9 Å². The zero-order valence-electron chi connectivity index (χ0n) is 11.5. The number of aliphatic hydroxyl groups is 1. The summed E-state index contributed by atoms with van der Waals surface area (Å²) in [5.41, 5.74) is 3.66. The van der Waals surface area contributed by atoms with Gasteiger partial charge in [0, 0.05) is 0 Å². The van der Waals surface area contributed by atoms with Gasteiger partial charge in [-0.3, -0.25) is 0 Å². The van der Waals surface area contributed by atoms with E-state index in [0.29, 0.717) is 11.7 Å². The summed E-state index contributed by atoms with van der Waals surface area (Å²) in [6.45, 7) is 0. The number of phenols is 1. The third kappa shape index (κ3) is 2.86. The molecule has 0 spiro atoms. The Labute approximate surface area is 119 Å². The van der Waals surface area contributed by atoms with Crippen molar-refractivity contribution >= 4 is 0 Å². The SMILES string of the molecule is Oc1ccc(-c2ccc(C3CCC(O)CC3)cc2)cc1. The van der Waals surface area contributed by atoms with Gasteiger partial charge in [-0.25, -0.2) is 0 Å². The second-order valence-corrected chi connectivity index (χ2v) is 5.67. The average Bonchev–Trinajstić information content (AvgIpc) is 2.49. The molecule has 0 aromatic heterocycles. The highest BCUT2D eigenvalue weighted by Crippen LogP contribution is 2.33. The minimum absolute atomic E-state index is 0.0949. The lowest BCUT2D eigenvalue weighted by Crippen LogP contribution is -2.16. The van der Waals surface area contributed by atoms with Gasteiger partial charge in [0.15, 0.2) is 0 Å². The van der Waals surface area contributed by atoms with Gasteiger partial charge in [0.05, 0.1) is 6.10 Å². The first kappa shape index (κ1) is 13.2. The van der Waals surface area contributed by atoms with Crippen LogP contribution in [0.15, 0.2) is 48.5 Å². The van der Waals surface area contributed by atoms with E-state index in [4.69, 9.17) is 0 Å². The van der Waals surface area contributed by atoms with Gasteiger partial charge in [0.1, 0.15) is 5.75 Å². The van der Waals surface area contributed by atoms with E-state index in [1.807, 2.05) is 12.1 Å². The molecule has 2 N–H and O–H groups in total. The minimum Gasteiger partial charge on any atom is -0.508 e. The predicted octanol–water partition coefficient (Wildman–Crippen LogP) is 4.08. The molecule has 2 heteroatoms. The van der Waals surface area contributed by atoms with Gasteiger partial charge in [-0.2, -0.15) is 0 Å². The first-order chi connectivity index (χ1) is 9.72. The van der Waals surface area contributed by atoms with E-state index in [-0.39, 0.29) is 6.10 Å². The molecule has 2 aromatic rings. The topological polar surface area (TPSA) is 40.5 Å². The van der Waals surface area contributed by atoms with Crippen molar-refractivity contribution < 1.29 is 10.2 Å². The van der Waals surface area contributed by atoms with Crippen molar-refractivity contribution in [3.63, 3.8) is 0 Å². The lowest BCUT2D eigenvalue weighted by Gasteiger charge is -2.25. The van der Waals surface area contributed by atoms with Gasteiger partial charge in [0.2, 0.25) is 0 Å². The number of rotatable bonds is 2. The van der Waals surface area contributed by atoms with E-state index in [2.05, 4.69) is 24.3 Å².